The Bertz CT molecular complexity index is 1260. The van der Waals surface area contributed by atoms with Gasteiger partial charge in [0.1, 0.15) is 11.5 Å². The van der Waals surface area contributed by atoms with Gasteiger partial charge < -0.3 is 9.84 Å². The molecule has 5 nitrogen and oxygen atoms in total. The lowest BCUT2D eigenvalue weighted by Crippen LogP contribution is -2.30. The Kier molecular flexibility index (Phi) is 5.76. The third kappa shape index (κ3) is 3.55. The molecular formula is C26H22ClNO4. The molecule has 0 aliphatic carbocycles. The van der Waals surface area contributed by atoms with Gasteiger partial charge in [-0.05, 0) is 54.8 Å². The van der Waals surface area contributed by atoms with Crippen LogP contribution in [0.2, 0.25) is 5.02 Å². The predicted molar refractivity (Wildman–Crippen MR) is 125 cm³/mol. The number of carbonyl (C=O) groups is 2. The molecule has 0 saturated carbocycles. The molecular weight excluding hydrogens is 426 g/mol. The number of hydrogen-bond donors (Lipinski definition) is 1. The molecule has 1 atom stereocenters. The number of halogens is 1. The Morgan fingerprint density at radius 1 is 0.969 bits per heavy atom. The van der Waals surface area contributed by atoms with Crippen LogP contribution in [0.15, 0.2) is 72.3 Å². The van der Waals surface area contributed by atoms with Gasteiger partial charge in [-0.3, -0.25) is 14.5 Å². The lowest BCUT2D eigenvalue weighted by atomic mass is 9.92. The van der Waals surface area contributed by atoms with Gasteiger partial charge in [-0.1, -0.05) is 54.1 Å². The molecule has 1 unspecified atom stereocenters. The number of carbonyl (C=O) groups excluding carboxylic acids is 2. The summed E-state index contributed by atoms with van der Waals surface area (Å²) in [4.78, 5) is 28.0. The number of ether oxygens (including phenoxy) is 1. The second-order valence-corrected chi connectivity index (χ2v) is 8.07. The number of amides is 1. The highest BCUT2D eigenvalue weighted by molar-refractivity contribution is 6.52. The maximum absolute atomic E-state index is 13.3. The fraction of sp³-hybridized carbons (Fsp3) is 0.154. The smallest absolute Gasteiger partial charge is 0.300 e. The van der Waals surface area contributed by atoms with Crippen LogP contribution in [0.3, 0.4) is 0 Å². The van der Waals surface area contributed by atoms with E-state index in [0.29, 0.717) is 11.4 Å². The summed E-state index contributed by atoms with van der Waals surface area (Å²) in [5.74, 6) is -1.33. The van der Waals surface area contributed by atoms with Crippen molar-refractivity contribution in [2.24, 2.45) is 0 Å². The number of ketones is 1. The van der Waals surface area contributed by atoms with Crippen LogP contribution in [0.25, 0.3) is 5.76 Å². The maximum Gasteiger partial charge on any atom is 0.300 e. The molecule has 1 heterocycles. The van der Waals surface area contributed by atoms with Gasteiger partial charge in [0.05, 0.1) is 23.7 Å². The minimum atomic E-state index is -0.806. The monoisotopic (exact) mass is 447 g/mol. The van der Waals surface area contributed by atoms with Crippen LogP contribution in [-0.4, -0.2) is 23.9 Å². The van der Waals surface area contributed by atoms with E-state index in [9.17, 15) is 14.7 Å². The number of aliphatic hydroxyl groups excluding tert-OH is 1. The van der Waals surface area contributed by atoms with E-state index in [0.717, 1.165) is 16.7 Å². The Hall–Kier alpha value is -3.57. The number of Topliss-reactive ketones (excluding diaryl/α,β-unsaturated/α-hetero) is 1. The van der Waals surface area contributed by atoms with Crippen molar-refractivity contribution in [2.45, 2.75) is 19.9 Å². The molecule has 1 aliphatic rings. The normalized spacial score (nSPS) is 17.6. The molecule has 3 aromatic rings. The van der Waals surface area contributed by atoms with Crippen LogP contribution in [-0.2, 0) is 9.59 Å². The van der Waals surface area contributed by atoms with Crippen LogP contribution < -0.4 is 9.64 Å². The number of aliphatic hydroxyl groups is 1. The molecule has 1 saturated heterocycles. The van der Waals surface area contributed by atoms with Gasteiger partial charge in [-0.2, -0.15) is 0 Å². The third-order valence-corrected chi connectivity index (χ3v) is 6.06. The first-order chi connectivity index (χ1) is 15.3. The number of methoxy groups -OCH3 is 1. The molecule has 162 valence electrons. The average Bonchev–Trinajstić information content (AvgIpc) is 3.05. The number of hydrogen-bond acceptors (Lipinski definition) is 4. The zero-order chi connectivity index (χ0) is 23.0. The van der Waals surface area contributed by atoms with Crippen LogP contribution in [0.4, 0.5) is 5.69 Å². The largest absolute Gasteiger partial charge is 0.507 e. The summed E-state index contributed by atoms with van der Waals surface area (Å²) in [7, 11) is 1.50. The molecule has 0 aromatic heterocycles. The van der Waals surface area contributed by atoms with Crippen molar-refractivity contribution < 1.29 is 19.4 Å². The standard InChI is InChI=1S/C26H22ClNO4/c1-15-8-4-6-10-18(15)23-22(24(29)19-14-17(32-3)12-13-20(19)27)25(30)26(31)28(23)21-11-7-5-9-16(21)2/h4-14,23,29H,1-3H3/b24-22+. The lowest BCUT2D eigenvalue weighted by Gasteiger charge is -2.28. The fourth-order valence-electron chi connectivity index (χ4n) is 4.06. The zero-order valence-corrected chi connectivity index (χ0v) is 18.7. The van der Waals surface area contributed by atoms with Crippen molar-refractivity contribution in [1.82, 2.24) is 0 Å². The highest BCUT2D eigenvalue weighted by Gasteiger charge is 2.47. The Morgan fingerprint density at radius 2 is 1.62 bits per heavy atom. The first-order valence-electron chi connectivity index (χ1n) is 10.1. The molecule has 1 amide bonds. The SMILES string of the molecule is COc1ccc(Cl)c(/C(O)=C2\C(=O)C(=O)N(c3ccccc3C)C2c2ccccc2C)c1. The van der Waals surface area contributed by atoms with E-state index >= 15 is 0 Å². The maximum atomic E-state index is 13.3. The van der Waals surface area contributed by atoms with Crippen molar-refractivity contribution >= 4 is 34.7 Å². The number of benzene rings is 3. The van der Waals surface area contributed by atoms with Crippen molar-refractivity contribution in [1.29, 1.82) is 0 Å². The Morgan fingerprint density at radius 3 is 2.28 bits per heavy atom. The number of rotatable bonds is 4. The second-order valence-electron chi connectivity index (χ2n) is 7.66. The van der Waals surface area contributed by atoms with Gasteiger partial charge in [0.15, 0.2) is 0 Å². The van der Waals surface area contributed by atoms with Crippen LogP contribution in [0.1, 0.15) is 28.3 Å². The molecule has 4 rings (SSSR count). The summed E-state index contributed by atoms with van der Waals surface area (Å²) in [6.07, 6.45) is 0. The first kappa shape index (κ1) is 21.7. The van der Waals surface area contributed by atoms with Gasteiger partial charge in [-0.15, -0.1) is 0 Å². The van der Waals surface area contributed by atoms with E-state index in [1.54, 1.807) is 24.3 Å². The molecule has 3 aromatic carbocycles. The highest BCUT2D eigenvalue weighted by Crippen LogP contribution is 2.44. The van der Waals surface area contributed by atoms with Crippen molar-refractivity contribution in [3.8, 4) is 5.75 Å². The van der Waals surface area contributed by atoms with E-state index in [2.05, 4.69) is 0 Å². The number of aryl methyl sites for hydroxylation is 2. The van der Waals surface area contributed by atoms with Gasteiger partial charge in [0.2, 0.25) is 0 Å². The number of para-hydroxylation sites is 1. The van der Waals surface area contributed by atoms with Crippen molar-refractivity contribution in [3.63, 3.8) is 0 Å². The van der Waals surface area contributed by atoms with Crippen LogP contribution >= 0.6 is 11.6 Å². The number of nitrogens with zero attached hydrogens (tertiary/aromatic N) is 1. The average molecular weight is 448 g/mol. The minimum absolute atomic E-state index is 0.0114. The molecule has 0 bridgehead atoms. The summed E-state index contributed by atoms with van der Waals surface area (Å²) < 4.78 is 5.25. The first-order valence-corrected chi connectivity index (χ1v) is 10.5. The van der Waals surface area contributed by atoms with Crippen molar-refractivity contribution in [2.75, 3.05) is 12.0 Å². The zero-order valence-electron chi connectivity index (χ0n) is 17.9. The van der Waals surface area contributed by atoms with Crippen LogP contribution in [0, 0.1) is 13.8 Å². The lowest BCUT2D eigenvalue weighted by molar-refractivity contribution is -0.132. The third-order valence-electron chi connectivity index (χ3n) is 5.73. The molecule has 32 heavy (non-hydrogen) atoms. The predicted octanol–water partition coefficient (Wildman–Crippen LogP) is 5.59. The Balaban J connectivity index is 2.02. The molecule has 6 heteroatoms. The Labute approximate surface area is 191 Å². The van der Waals surface area contributed by atoms with E-state index < -0.39 is 17.7 Å². The summed E-state index contributed by atoms with van der Waals surface area (Å²) in [5, 5.41) is 11.6. The van der Waals surface area contributed by atoms with E-state index in [4.69, 9.17) is 16.3 Å². The summed E-state index contributed by atoms with van der Waals surface area (Å²) in [6, 6.07) is 18.8. The fourth-order valence-corrected chi connectivity index (χ4v) is 4.27. The quantitative estimate of drug-likeness (QED) is 0.321. The van der Waals surface area contributed by atoms with E-state index in [1.807, 2.05) is 56.3 Å². The van der Waals surface area contributed by atoms with E-state index in [-0.39, 0.29) is 21.9 Å². The van der Waals surface area contributed by atoms with Gasteiger partial charge in [0.25, 0.3) is 11.7 Å². The molecule has 1 aliphatic heterocycles. The second kappa shape index (κ2) is 8.52. The van der Waals surface area contributed by atoms with Gasteiger partial charge >= 0.3 is 0 Å². The molecule has 1 N–H and O–H groups in total. The topological polar surface area (TPSA) is 66.8 Å². The molecule has 0 spiro atoms. The van der Waals surface area contributed by atoms with Crippen molar-refractivity contribution in [3.05, 3.63) is 99.6 Å². The number of anilines is 1. The molecule has 0 radical (unpaired) electrons. The van der Waals surface area contributed by atoms with E-state index in [1.165, 1.54) is 12.0 Å². The van der Waals surface area contributed by atoms with Gasteiger partial charge in [-0.25, -0.2) is 0 Å². The highest BCUT2D eigenvalue weighted by atomic mass is 35.5. The van der Waals surface area contributed by atoms with Crippen LogP contribution in [0.5, 0.6) is 5.75 Å². The summed E-state index contributed by atoms with van der Waals surface area (Å²) in [5.41, 5.74) is 3.30. The minimum Gasteiger partial charge on any atom is -0.507 e. The summed E-state index contributed by atoms with van der Waals surface area (Å²) >= 11 is 6.35. The summed E-state index contributed by atoms with van der Waals surface area (Å²) in [6.45, 7) is 3.79. The molecule has 1 fully saturated rings. The van der Waals surface area contributed by atoms with Gasteiger partial charge in [0, 0.05) is 11.3 Å².